The first-order valence-corrected chi connectivity index (χ1v) is 9.79. The number of carbonyl (C=O) groups excluding carboxylic acids is 2. The molecule has 26 heavy (non-hydrogen) atoms. The molecule has 0 fully saturated rings. The van der Waals surface area contributed by atoms with Crippen molar-refractivity contribution in [2.24, 2.45) is 5.41 Å². The van der Waals surface area contributed by atoms with Crippen LogP contribution in [0.15, 0.2) is 58.6 Å². The molecule has 0 unspecified atom stereocenters. The van der Waals surface area contributed by atoms with Crippen molar-refractivity contribution in [1.82, 2.24) is 5.32 Å². The third-order valence-corrected chi connectivity index (χ3v) is 6.49. The number of dihydropyridines is 1. The summed E-state index contributed by atoms with van der Waals surface area (Å²) >= 11 is 1.62. The van der Waals surface area contributed by atoms with Gasteiger partial charge in [0, 0.05) is 39.3 Å². The Morgan fingerprint density at radius 2 is 1.77 bits per heavy atom. The number of rotatable bonds is 1. The van der Waals surface area contributed by atoms with E-state index in [4.69, 9.17) is 0 Å². The van der Waals surface area contributed by atoms with Crippen LogP contribution in [0, 0.1) is 5.41 Å². The first-order valence-electron chi connectivity index (χ1n) is 8.91. The van der Waals surface area contributed by atoms with Gasteiger partial charge in [-0.05, 0) is 23.3 Å². The highest BCUT2D eigenvalue weighted by Crippen LogP contribution is 2.51. The third kappa shape index (κ3) is 2.12. The average molecular weight is 361 g/mol. The zero-order valence-electron chi connectivity index (χ0n) is 14.8. The minimum atomic E-state index is -0.246. The molecule has 1 aromatic carbocycles. The number of fused-ring (bicyclic) bond motifs is 2. The van der Waals surface area contributed by atoms with E-state index in [1.54, 1.807) is 11.3 Å². The van der Waals surface area contributed by atoms with Crippen molar-refractivity contribution in [1.29, 1.82) is 0 Å². The number of benzene rings is 1. The Balaban J connectivity index is 1.75. The van der Waals surface area contributed by atoms with E-state index in [-0.39, 0.29) is 22.9 Å². The van der Waals surface area contributed by atoms with Gasteiger partial charge in [-0.2, -0.15) is 0 Å². The molecule has 3 aliphatic rings. The molecule has 1 aliphatic heterocycles. The molecule has 1 N–H and O–H groups in total. The maximum Gasteiger partial charge on any atom is 0.192 e. The van der Waals surface area contributed by atoms with Crippen molar-refractivity contribution in [3.63, 3.8) is 0 Å². The summed E-state index contributed by atoms with van der Waals surface area (Å²) in [4.78, 5) is 27.4. The fraction of sp³-hybridized carbons (Fsp3) is 0.273. The van der Waals surface area contributed by atoms with Crippen molar-refractivity contribution in [3.8, 4) is 0 Å². The zero-order chi connectivity index (χ0) is 18.1. The number of Topliss-reactive ketones (excluding diaryl/α,β-unsaturated/α-hetero) is 2. The third-order valence-electron chi connectivity index (χ3n) is 5.56. The van der Waals surface area contributed by atoms with Gasteiger partial charge in [-0.3, -0.25) is 9.59 Å². The first-order chi connectivity index (χ1) is 12.5. The van der Waals surface area contributed by atoms with E-state index in [1.807, 2.05) is 41.8 Å². The molecule has 2 heterocycles. The van der Waals surface area contributed by atoms with Gasteiger partial charge in [0.2, 0.25) is 0 Å². The van der Waals surface area contributed by atoms with Gasteiger partial charge >= 0.3 is 0 Å². The van der Waals surface area contributed by atoms with Crippen molar-refractivity contribution in [2.45, 2.75) is 32.6 Å². The normalized spacial score (nSPS) is 23.5. The summed E-state index contributed by atoms with van der Waals surface area (Å²) in [7, 11) is 0. The first kappa shape index (κ1) is 15.8. The van der Waals surface area contributed by atoms with Gasteiger partial charge in [0.05, 0.1) is 11.6 Å². The van der Waals surface area contributed by atoms with E-state index < -0.39 is 0 Å². The molecule has 2 aromatic rings. The summed E-state index contributed by atoms with van der Waals surface area (Å²) in [5, 5.41) is 5.52. The van der Waals surface area contributed by atoms with Gasteiger partial charge in [0.1, 0.15) is 0 Å². The summed E-state index contributed by atoms with van der Waals surface area (Å²) in [5.74, 6) is -0.0344. The van der Waals surface area contributed by atoms with Crippen LogP contribution < -0.4 is 5.32 Å². The summed E-state index contributed by atoms with van der Waals surface area (Å²) in [5.41, 5.74) is 5.05. The Morgan fingerprint density at radius 1 is 1.00 bits per heavy atom. The van der Waals surface area contributed by atoms with Crippen LogP contribution in [0.1, 0.15) is 53.4 Å². The zero-order valence-corrected chi connectivity index (χ0v) is 15.6. The Morgan fingerprint density at radius 3 is 2.50 bits per heavy atom. The van der Waals surface area contributed by atoms with Crippen LogP contribution >= 0.6 is 11.3 Å². The van der Waals surface area contributed by atoms with Gasteiger partial charge in [-0.15, -0.1) is 11.3 Å². The van der Waals surface area contributed by atoms with Gasteiger partial charge < -0.3 is 5.32 Å². The molecule has 0 saturated heterocycles. The van der Waals surface area contributed by atoms with Crippen molar-refractivity contribution >= 4 is 28.6 Å². The predicted octanol–water partition coefficient (Wildman–Crippen LogP) is 4.69. The van der Waals surface area contributed by atoms with E-state index in [1.165, 1.54) is 0 Å². The number of carbonyl (C=O) groups is 2. The Labute approximate surface area is 156 Å². The van der Waals surface area contributed by atoms with Crippen LogP contribution in [0.3, 0.4) is 0 Å². The minimum Gasteiger partial charge on any atom is -0.358 e. The number of hydrogen-bond acceptors (Lipinski definition) is 4. The number of hydrogen-bond donors (Lipinski definition) is 1. The smallest absolute Gasteiger partial charge is 0.192 e. The van der Waals surface area contributed by atoms with E-state index in [9.17, 15) is 9.59 Å². The van der Waals surface area contributed by atoms with E-state index in [0.717, 1.165) is 45.0 Å². The highest BCUT2D eigenvalue weighted by molar-refractivity contribution is 7.10. The lowest BCUT2D eigenvalue weighted by Crippen LogP contribution is -2.36. The van der Waals surface area contributed by atoms with E-state index in [0.29, 0.717) is 6.42 Å². The van der Waals surface area contributed by atoms with Crippen LogP contribution in [0.5, 0.6) is 0 Å². The largest absolute Gasteiger partial charge is 0.358 e. The topological polar surface area (TPSA) is 46.2 Å². The molecule has 1 aromatic heterocycles. The van der Waals surface area contributed by atoms with E-state index >= 15 is 0 Å². The molecule has 5 rings (SSSR count). The van der Waals surface area contributed by atoms with Crippen LogP contribution in [0.25, 0.3) is 5.70 Å². The quantitative estimate of drug-likeness (QED) is 0.802. The van der Waals surface area contributed by atoms with Gasteiger partial charge in [-0.1, -0.05) is 44.2 Å². The monoisotopic (exact) mass is 361 g/mol. The molecular weight excluding hydrogens is 342 g/mol. The summed E-state index contributed by atoms with van der Waals surface area (Å²) < 4.78 is 0. The summed E-state index contributed by atoms with van der Waals surface area (Å²) in [6.07, 6.45) is 1.35. The number of thiophene rings is 1. The Hall–Kier alpha value is -2.46. The molecular formula is C22H19NO2S. The molecule has 0 saturated carbocycles. The standard InChI is InChI=1S/C22H19NO2S/c1-22(2)10-14-17(15(24)11-22)18(16-8-5-9-26-16)19-20(23-14)12-6-3-4-7-13(12)21(19)25/h3-9,18,23H,10-11H2,1-2H3/t18-/m1/s1. The molecule has 0 spiro atoms. The predicted molar refractivity (Wildman–Crippen MR) is 103 cm³/mol. The fourth-order valence-electron chi connectivity index (χ4n) is 4.53. The molecule has 0 amide bonds. The van der Waals surface area contributed by atoms with Crippen molar-refractivity contribution < 1.29 is 9.59 Å². The maximum absolute atomic E-state index is 13.2. The van der Waals surface area contributed by atoms with Gasteiger partial charge in [0.15, 0.2) is 11.6 Å². The molecule has 1 atom stereocenters. The molecule has 4 heteroatoms. The lowest BCUT2D eigenvalue weighted by atomic mass is 9.69. The van der Waals surface area contributed by atoms with Crippen molar-refractivity contribution in [2.75, 3.05) is 0 Å². The minimum absolute atomic E-state index is 0.0469. The SMILES string of the molecule is CC1(C)CC(=O)C2=C(C1)NC1=C(C(=O)c3ccccc31)[C@@H]2c1cccs1. The molecule has 3 nitrogen and oxygen atoms in total. The fourth-order valence-corrected chi connectivity index (χ4v) is 5.37. The van der Waals surface area contributed by atoms with Crippen LogP contribution in [0.2, 0.25) is 0 Å². The van der Waals surface area contributed by atoms with Crippen molar-refractivity contribution in [3.05, 3.63) is 74.6 Å². The van der Waals surface area contributed by atoms with Crippen LogP contribution in [0.4, 0.5) is 0 Å². The number of nitrogens with one attached hydrogen (secondary N) is 1. The lowest BCUT2D eigenvalue weighted by molar-refractivity contribution is -0.118. The summed E-state index contributed by atoms with van der Waals surface area (Å²) in [6.45, 7) is 4.27. The second-order valence-corrected chi connectivity index (χ2v) is 9.05. The Kier molecular flexibility index (Phi) is 3.20. The maximum atomic E-state index is 13.2. The summed E-state index contributed by atoms with van der Waals surface area (Å²) in [6, 6.07) is 11.8. The molecule has 2 aliphatic carbocycles. The highest BCUT2D eigenvalue weighted by Gasteiger charge is 2.46. The Bertz CT molecular complexity index is 1020. The molecule has 130 valence electrons. The average Bonchev–Trinajstić information content (AvgIpc) is 3.21. The van der Waals surface area contributed by atoms with Gasteiger partial charge in [0.25, 0.3) is 0 Å². The van der Waals surface area contributed by atoms with Crippen LogP contribution in [-0.4, -0.2) is 11.6 Å². The van der Waals surface area contributed by atoms with Gasteiger partial charge in [-0.25, -0.2) is 0 Å². The van der Waals surface area contributed by atoms with E-state index in [2.05, 4.69) is 19.2 Å². The lowest BCUT2D eigenvalue weighted by Gasteiger charge is -2.38. The molecule has 0 radical (unpaired) electrons. The molecule has 0 bridgehead atoms. The highest BCUT2D eigenvalue weighted by atomic mass is 32.1. The van der Waals surface area contributed by atoms with Crippen LogP contribution in [-0.2, 0) is 4.79 Å². The number of ketones is 2. The second kappa shape index (κ2) is 5.27. The second-order valence-electron chi connectivity index (χ2n) is 8.07. The number of allylic oxidation sites excluding steroid dienone is 3.